The average molecular weight is 326 g/mol. The number of unbranched alkanes of at least 4 members (excludes halogenated alkanes) is 10. The zero-order valence-electron chi connectivity index (χ0n) is 14.4. The third-order valence-electron chi connectivity index (χ3n) is 4.47. The Morgan fingerprint density at radius 1 is 0.650 bits per heavy atom. The lowest BCUT2D eigenvalue weighted by molar-refractivity contribution is 0.616. The van der Waals surface area contributed by atoms with E-state index in [4.69, 9.17) is 0 Å². The van der Waals surface area contributed by atoms with Gasteiger partial charge in [-0.1, -0.05) is 110 Å². The molecule has 0 aromatic heterocycles. The van der Waals surface area contributed by atoms with Crippen LogP contribution in [0, 0.1) is 0 Å². The van der Waals surface area contributed by atoms with Gasteiger partial charge >= 0.3 is 0 Å². The van der Waals surface area contributed by atoms with E-state index in [-0.39, 0.29) is 0 Å². The van der Waals surface area contributed by atoms with Crippen molar-refractivity contribution in [3.63, 3.8) is 0 Å². The third-order valence-corrected chi connectivity index (χ3v) is 16.7. The van der Waals surface area contributed by atoms with Gasteiger partial charge in [-0.25, -0.2) is 0 Å². The van der Waals surface area contributed by atoms with Crippen molar-refractivity contribution in [2.45, 2.75) is 110 Å². The van der Waals surface area contributed by atoms with Crippen LogP contribution >= 0.6 is 0 Å². The smallest absolute Gasteiger partial charge is 0.0350 e. The van der Waals surface area contributed by atoms with E-state index in [1.54, 1.807) is 12.1 Å². The van der Waals surface area contributed by atoms with E-state index in [2.05, 4.69) is 30.2 Å². The first kappa shape index (κ1) is 20.7. The van der Waals surface area contributed by atoms with Crippen LogP contribution in [-0.4, -0.2) is 25.9 Å². The van der Waals surface area contributed by atoms with Crippen LogP contribution in [0.1, 0.15) is 90.9 Å². The second-order valence-electron chi connectivity index (χ2n) is 6.72. The van der Waals surface area contributed by atoms with Gasteiger partial charge in [0.05, 0.1) is 0 Å². The molecule has 20 heavy (non-hydrogen) atoms. The Morgan fingerprint density at radius 2 is 1.00 bits per heavy atom. The molecule has 5 radical (unpaired) electrons. The predicted octanol–water partition coefficient (Wildman–Crippen LogP) is 6.07. The summed E-state index contributed by atoms with van der Waals surface area (Å²) in [6, 6.07) is 3.13. The van der Waals surface area contributed by atoms with Crippen molar-refractivity contribution in [2.75, 3.05) is 0 Å². The first-order valence-electron chi connectivity index (χ1n) is 9.12. The van der Waals surface area contributed by atoms with Crippen molar-refractivity contribution in [1.29, 1.82) is 0 Å². The molecule has 0 N–H and O–H groups in total. The Labute approximate surface area is 135 Å². The van der Waals surface area contributed by atoms with Crippen molar-refractivity contribution in [3.8, 4) is 0 Å². The van der Waals surface area contributed by atoms with E-state index in [9.17, 15) is 0 Å². The fourth-order valence-electron chi connectivity index (χ4n) is 2.84. The van der Waals surface area contributed by atoms with E-state index < -0.39 is 7.59 Å². The highest BCUT2D eigenvalue weighted by Gasteiger charge is 2.23. The third kappa shape index (κ3) is 12.4. The molecule has 0 spiro atoms. The molecule has 0 aromatic carbocycles. The number of hydrogen-bond acceptors (Lipinski definition) is 0. The van der Waals surface area contributed by atoms with Crippen LogP contribution in [0.4, 0.5) is 0 Å². The molecule has 0 amide bonds. The van der Waals surface area contributed by atoms with Gasteiger partial charge in [-0.05, 0) is 0 Å². The summed E-state index contributed by atoms with van der Waals surface area (Å²) >= 11 is 0. The summed E-state index contributed by atoms with van der Waals surface area (Å²) in [4.78, 5) is 0. The van der Waals surface area contributed by atoms with Gasteiger partial charge in [-0.15, -0.1) is 0 Å². The van der Waals surface area contributed by atoms with Crippen molar-refractivity contribution < 1.29 is 0 Å². The maximum atomic E-state index is 3.90. The lowest BCUT2D eigenvalue weighted by Crippen LogP contribution is -2.38. The predicted molar refractivity (Wildman–Crippen MR) is 99.5 cm³/mol. The van der Waals surface area contributed by atoms with Gasteiger partial charge in [0.25, 0.3) is 0 Å². The summed E-state index contributed by atoms with van der Waals surface area (Å²) in [6.45, 7) is 7.24. The van der Waals surface area contributed by atoms with Crippen LogP contribution in [0.25, 0.3) is 0 Å². The zero-order chi connectivity index (χ0) is 15.1. The van der Waals surface area contributed by atoms with Crippen LogP contribution in [-0.2, 0) is 0 Å². The van der Waals surface area contributed by atoms with E-state index >= 15 is 0 Å². The van der Waals surface area contributed by atoms with E-state index in [0.717, 1.165) is 8.55 Å². The van der Waals surface area contributed by atoms with Crippen molar-refractivity contribution >= 4 is 25.9 Å². The topological polar surface area (TPSA) is 0 Å². The van der Waals surface area contributed by atoms with Crippen molar-refractivity contribution in [2.24, 2.45) is 0 Å². The summed E-state index contributed by atoms with van der Waals surface area (Å²) in [5.41, 5.74) is 0. The summed E-state index contributed by atoms with van der Waals surface area (Å²) < 4.78 is 0. The van der Waals surface area contributed by atoms with Gasteiger partial charge in [0.1, 0.15) is 0 Å². The Morgan fingerprint density at radius 3 is 1.35 bits per heavy atom. The van der Waals surface area contributed by atoms with Crippen molar-refractivity contribution in [1.82, 2.24) is 0 Å². The standard InChI is InChI=1S/C17H37Si3/c1-4-6-8-10-12-14-16-20(3,19-18)17-15-13-11-9-7-5-2/h4-17H2,1-3H3. The Hall–Kier alpha value is 0.651. The monoisotopic (exact) mass is 325 g/mol. The molecule has 0 aromatic rings. The molecule has 0 nitrogen and oxygen atoms in total. The Balaban J connectivity index is 3.57. The average Bonchev–Trinajstić information content (AvgIpc) is 2.46. The first-order valence-corrected chi connectivity index (χ1v) is 15.5. The summed E-state index contributed by atoms with van der Waals surface area (Å²) in [5, 5.41) is 0. The highest BCUT2D eigenvalue weighted by Crippen LogP contribution is 2.22. The van der Waals surface area contributed by atoms with E-state index in [1.165, 1.54) is 77.0 Å². The summed E-state index contributed by atoms with van der Waals surface area (Å²) in [6.07, 6.45) is 17.4. The highest BCUT2D eigenvalue weighted by molar-refractivity contribution is 7.39. The maximum absolute atomic E-state index is 3.90. The molecule has 0 bridgehead atoms. The normalized spacial score (nSPS) is 12.0. The molecular weight excluding hydrogens is 288 g/mol. The second-order valence-corrected chi connectivity index (χ2v) is 17.7. The largest absolute Gasteiger partial charge is 0.0717 e. The summed E-state index contributed by atoms with van der Waals surface area (Å²) in [7, 11) is 4.05. The molecule has 0 rings (SSSR count). The van der Waals surface area contributed by atoms with Gasteiger partial charge < -0.3 is 0 Å². The van der Waals surface area contributed by atoms with Crippen LogP contribution in [0.2, 0.25) is 18.6 Å². The molecule has 117 valence electrons. The maximum Gasteiger partial charge on any atom is 0.0350 e. The molecule has 0 atom stereocenters. The van der Waals surface area contributed by atoms with Gasteiger partial charge in [0.2, 0.25) is 0 Å². The van der Waals surface area contributed by atoms with Crippen LogP contribution in [0.5, 0.6) is 0 Å². The minimum absolute atomic E-state index is 0.919. The van der Waals surface area contributed by atoms with Crippen LogP contribution in [0.3, 0.4) is 0 Å². The molecule has 0 aliphatic carbocycles. The fourth-order valence-corrected chi connectivity index (χ4v) is 9.46. The van der Waals surface area contributed by atoms with Gasteiger partial charge in [-0.2, -0.15) is 0 Å². The number of rotatable bonds is 15. The molecule has 0 aliphatic rings. The van der Waals surface area contributed by atoms with Crippen LogP contribution in [0.15, 0.2) is 0 Å². The highest BCUT2D eigenvalue weighted by atomic mass is 29.5. The zero-order valence-corrected chi connectivity index (χ0v) is 17.4. The first-order chi connectivity index (χ1) is 9.68. The van der Waals surface area contributed by atoms with Gasteiger partial charge in [0, 0.05) is 25.9 Å². The molecular formula is C17H37Si3. The van der Waals surface area contributed by atoms with Crippen LogP contribution < -0.4 is 0 Å². The summed E-state index contributed by atoms with van der Waals surface area (Å²) in [5.74, 6) is 0. The van der Waals surface area contributed by atoms with Gasteiger partial charge in [-0.3, -0.25) is 0 Å². The van der Waals surface area contributed by atoms with E-state index in [0.29, 0.717) is 0 Å². The Bertz CT molecular complexity index is 179. The molecule has 0 fully saturated rings. The molecule has 0 unspecified atom stereocenters. The lowest BCUT2D eigenvalue weighted by atomic mass is 10.1. The molecule has 3 heteroatoms. The fraction of sp³-hybridized carbons (Fsp3) is 1.00. The minimum atomic E-state index is -0.919. The number of hydrogen-bond donors (Lipinski definition) is 0. The SMILES string of the molecule is CCCCCCCC[Si](C)(CCCCCCCC)[Si][Si]. The van der Waals surface area contributed by atoms with Crippen molar-refractivity contribution in [3.05, 3.63) is 0 Å². The molecule has 0 saturated carbocycles. The van der Waals surface area contributed by atoms with E-state index in [1.807, 2.05) is 0 Å². The second kappa shape index (κ2) is 14.6. The lowest BCUT2D eigenvalue weighted by Gasteiger charge is -2.25. The Kier molecular flexibility index (Phi) is 15.1. The quantitative estimate of drug-likeness (QED) is 0.253. The molecule has 0 aliphatic heterocycles. The van der Waals surface area contributed by atoms with Gasteiger partial charge in [0.15, 0.2) is 0 Å². The molecule has 0 saturated heterocycles. The minimum Gasteiger partial charge on any atom is -0.0717 e. The molecule has 0 heterocycles.